The van der Waals surface area contributed by atoms with Gasteiger partial charge in [0.2, 0.25) is 9.84 Å². The summed E-state index contributed by atoms with van der Waals surface area (Å²) >= 11 is 0. The van der Waals surface area contributed by atoms with Gasteiger partial charge < -0.3 is 15.2 Å². The Bertz CT molecular complexity index is 1740. The largest absolute Gasteiger partial charge is 0.508 e. The number of hydrogen-bond donors (Lipinski definition) is 3. The minimum atomic E-state index is -3.71. The molecular formula is C30H33N5O5S. The van der Waals surface area contributed by atoms with Crippen LogP contribution >= 0.6 is 0 Å². The maximum absolute atomic E-state index is 12.6. The number of phenolic OH excluding ortho intramolecular Hbond substituents is 1. The summed E-state index contributed by atoms with van der Waals surface area (Å²) in [6, 6.07) is 18.6. The van der Waals surface area contributed by atoms with Crippen LogP contribution in [-0.4, -0.2) is 45.3 Å². The highest BCUT2D eigenvalue weighted by molar-refractivity contribution is 7.91. The third-order valence-electron chi connectivity index (χ3n) is 6.46. The molecule has 10 nitrogen and oxygen atoms in total. The van der Waals surface area contributed by atoms with Gasteiger partial charge in [0.05, 0.1) is 9.79 Å². The number of aryl methyl sites for hydroxylation is 4. The number of nitrogens with zero attached hydrogens (tertiary/aromatic N) is 3. The van der Waals surface area contributed by atoms with Gasteiger partial charge in [0.15, 0.2) is 11.8 Å². The summed E-state index contributed by atoms with van der Waals surface area (Å²) in [5, 5.41) is 23.4. The number of carbonyl (C=O) groups excluding carboxylic acids is 1. The van der Waals surface area contributed by atoms with Gasteiger partial charge in [-0.3, -0.25) is 9.89 Å². The normalized spacial score (nSPS) is 11.9. The summed E-state index contributed by atoms with van der Waals surface area (Å²) in [4.78, 5) is 12.5. The number of H-pyrrole nitrogens is 1. The Balaban J connectivity index is 0.000000267. The predicted octanol–water partition coefficient (Wildman–Crippen LogP) is 5.18. The molecule has 0 saturated heterocycles. The summed E-state index contributed by atoms with van der Waals surface area (Å²) in [5.41, 5.74) is 5.18. The molecule has 5 aromatic rings. The van der Waals surface area contributed by atoms with E-state index in [2.05, 4.69) is 34.5 Å². The van der Waals surface area contributed by atoms with Crippen molar-refractivity contribution < 1.29 is 23.1 Å². The van der Waals surface area contributed by atoms with Gasteiger partial charge in [0.25, 0.3) is 5.91 Å². The Labute approximate surface area is 238 Å². The van der Waals surface area contributed by atoms with E-state index in [1.807, 2.05) is 42.6 Å². The van der Waals surface area contributed by atoms with Gasteiger partial charge in [0, 0.05) is 16.9 Å². The molecule has 11 heteroatoms. The molecular weight excluding hydrogens is 542 g/mol. The summed E-state index contributed by atoms with van der Waals surface area (Å²) < 4.78 is 32.8. The summed E-state index contributed by atoms with van der Waals surface area (Å²) in [7, 11) is -3.71. The van der Waals surface area contributed by atoms with Crippen LogP contribution in [0.2, 0.25) is 0 Å². The van der Waals surface area contributed by atoms with Crippen molar-refractivity contribution in [3.63, 3.8) is 0 Å². The van der Waals surface area contributed by atoms with E-state index in [0.29, 0.717) is 11.4 Å². The molecule has 0 spiro atoms. The van der Waals surface area contributed by atoms with E-state index in [9.17, 15) is 18.3 Å². The molecule has 1 atom stereocenters. The van der Waals surface area contributed by atoms with Gasteiger partial charge >= 0.3 is 0 Å². The third-order valence-corrected chi connectivity index (χ3v) is 8.25. The van der Waals surface area contributed by atoms with Gasteiger partial charge in [-0.25, -0.2) is 12.9 Å². The highest BCUT2D eigenvalue weighted by atomic mass is 32.2. The summed E-state index contributed by atoms with van der Waals surface area (Å²) in [5.74, 6) is 0.967. The third kappa shape index (κ3) is 6.75. The van der Waals surface area contributed by atoms with Gasteiger partial charge in [0.1, 0.15) is 17.3 Å². The molecule has 0 fully saturated rings. The Kier molecular flexibility index (Phi) is 8.77. The number of aromatic nitrogens is 4. The van der Waals surface area contributed by atoms with Crippen molar-refractivity contribution in [1.29, 1.82) is 0 Å². The van der Waals surface area contributed by atoms with E-state index in [1.54, 1.807) is 6.92 Å². The predicted molar refractivity (Wildman–Crippen MR) is 156 cm³/mol. The van der Waals surface area contributed by atoms with Crippen molar-refractivity contribution >= 4 is 27.1 Å². The first-order valence-corrected chi connectivity index (χ1v) is 14.6. The number of aromatic amines is 1. The molecule has 3 N–H and O–H groups in total. The zero-order valence-corrected chi connectivity index (χ0v) is 24.4. The van der Waals surface area contributed by atoms with Crippen LogP contribution in [0.25, 0.3) is 5.65 Å². The van der Waals surface area contributed by atoms with Crippen LogP contribution in [0.1, 0.15) is 36.5 Å². The van der Waals surface area contributed by atoms with Crippen molar-refractivity contribution in [2.45, 2.75) is 56.9 Å². The molecule has 214 valence electrons. The molecule has 0 aliphatic carbocycles. The molecule has 0 saturated carbocycles. The quantitative estimate of drug-likeness (QED) is 0.243. The van der Waals surface area contributed by atoms with Crippen LogP contribution in [-0.2, 0) is 21.1 Å². The SMILES string of the molecule is CCc1c(C)[nH]n2c(C)nnc12.Cc1ccc(NC(=O)C(C)Oc2ccc(S(=O)(=O)c3ccc(O)cc3)cc2)cc1. The molecule has 0 aliphatic rings. The van der Waals surface area contributed by atoms with Crippen molar-refractivity contribution in [3.05, 3.63) is 95.4 Å². The number of phenols is 1. The second-order valence-corrected chi connectivity index (χ2v) is 11.5. The Morgan fingerprint density at radius 1 is 0.951 bits per heavy atom. The minimum absolute atomic E-state index is 0.00870. The summed E-state index contributed by atoms with van der Waals surface area (Å²) in [6.07, 6.45) is 0.229. The van der Waals surface area contributed by atoms with Crippen LogP contribution < -0.4 is 10.1 Å². The van der Waals surface area contributed by atoms with Gasteiger partial charge in [-0.1, -0.05) is 24.6 Å². The van der Waals surface area contributed by atoms with Crippen LogP contribution in [0.5, 0.6) is 11.5 Å². The van der Waals surface area contributed by atoms with Crippen molar-refractivity contribution in [2.24, 2.45) is 0 Å². The first kappa shape index (κ1) is 29.3. The van der Waals surface area contributed by atoms with E-state index >= 15 is 0 Å². The first-order valence-electron chi connectivity index (χ1n) is 13.1. The van der Waals surface area contributed by atoms with Gasteiger partial charge in [-0.2, -0.15) is 0 Å². The molecule has 0 aliphatic heterocycles. The number of benzene rings is 3. The van der Waals surface area contributed by atoms with E-state index < -0.39 is 15.9 Å². The van der Waals surface area contributed by atoms with Crippen LogP contribution in [0, 0.1) is 20.8 Å². The number of aromatic hydroxyl groups is 1. The fraction of sp³-hybridized carbons (Fsp3) is 0.233. The topological polar surface area (TPSA) is 139 Å². The van der Waals surface area contributed by atoms with E-state index in [1.165, 1.54) is 59.8 Å². The maximum atomic E-state index is 12.6. The highest BCUT2D eigenvalue weighted by Crippen LogP contribution is 2.25. The van der Waals surface area contributed by atoms with Crippen molar-refractivity contribution in [3.8, 4) is 11.5 Å². The number of nitrogens with one attached hydrogen (secondary N) is 2. The Hall–Kier alpha value is -4.64. The Morgan fingerprint density at radius 3 is 2.12 bits per heavy atom. The molecule has 0 bridgehead atoms. The molecule has 0 radical (unpaired) electrons. The average molecular weight is 576 g/mol. The van der Waals surface area contributed by atoms with Crippen molar-refractivity contribution in [1.82, 2.24) is 19.8 Å². The summed E-state index contributed by atoms with van der Waals surface area (Å²) in [6.45, 7) is 9.70. The molecule has 41 heavy (non-hydrogen) atoms. The molecule has 5 rings (SSSR count). The first-order chi connectivity index (χ1) is 19.5. The van der Waals surface area contributed by atoms with E-state index in [-0.39, 0.29) is 21.4 Å². The highest BCUT2D eigenvalue weighted by Gasteiger charge is 2.19. The minimum Gasteiger partial charge on any atom is -0.508 e. The number of sulfone groups is 1. The molecule has 2 aromatic heterocycles. The lowest BCUT2D eigenvalue weighted by Gasteiger charge is -2.15. The lowest BCUT2D eigenvalue weighted by Crippen LogP contribution is -2.30. The molecule has 1 amide bonds. The lowest BCUT2D eigenvalue weighted by atomic mass is 10.2. The standard InChI is InChI=1S/C22H21NO5S.C8H12N4/c1-15-3-5-17(6-4-15)23-22(25)16(2)28-19-9-13-21(14-10-19)29(26,27)20-11-7-18(24)8-12-20;1-4-7-5(2)11-12-6(3)9-10-8(7)12/h3-14,16,24H,1-2H3,(H,23,25);11H,4H2,1-3H3. The van der Waals surface area contributed by atoms with Crippen LogP contribution in [0.4, 0.5) is 5.69 Å². The second kappa shape index (κ2) is 12.3. The van der Waals surface area contributed by atoms with Crippen LogP contribution in [0.15, 0.2) is 82.6 Å². The molecule has 1 unspecified atom stereocenters. The van der Waals surface area contributed by atoms with Crippen molar-refractivity contribution in [2.75, 3.05) is 5.32 Å². The lowest BCUT2D eigenvalue weighted by molar-refractivity contribution is -0.122. The number of hydrogen-bond acceptors (Lipinski definition) is 7. The average Bonchev–Trinajstić information content (AvgIpc) is 3.47. The molecule has 3 aromatic carbocycles. The monoisotopic (exact) mass is 575 g/mol. The number of anilines is 1. The number of rotatable bonds is 7. The van der Waals surface area contributed by atoms with Gasteiger partial charge in [-0.15, -0.1) is 10.2 Å². The zero-order valence-electron chi connectivity index (χ0n) is 23.5. The second-order valence-electron chi connectivity index (χ2n) is 9.56. The number of amides is 1. The molecule has 2 heterocycles. The zero-order chi connectivity index (χ0) is 29.7. The Morgan fingerprint density at radius 2 is 1.54 bits per heavy atom. The maximum Gasteiger partial charge on any atom is 0.265 e. The fourth-order valence-corrected chi connectivity index (χ4v) is 5.38. The number of ether oxygens (including phenoxy) is 1. The fourth-order valence-electron chi connectivity index (χ4n) is 4.11. The van der Waals surface area contributed by atoms with E-state index in [0.717, 1.165) is 23.5 Å². The van der Waals surface area contributed by atoms with Crippen LogP contribution in [0.3, 0.4) is 0 Å². The number of fused-ring (bicyclic) bond motifs is 1. The van der Waals surface area contributed by atoms with E-state index in [4.69, 9.17) is 4.74 Å². The smallest absolute Gasteiger partial charge is 0.265 e. The number of carbonyl (C=O) groups is 1. The van der Waals surface area contributed by atoms with Gasteiger partial charge in [-0.05, 0) is 94.8 Å².